The van der Waals surface area contributed by atoms with Crippen molar-refractivity contribution >= 4 is 29.3 Å². The molecule has 0 saturated carbocycles. The Kier molecular flexibility index (Phi) is 7.57. The summed E-state index contributed by atoms with van der Waals surface area (Å²) in [6, 6.07) is 20.4. The summed E-state index contributed by atoms with van der Waals surface area (Å²) >= 11 is 1.36. The second kappa shape index (κ2) is 11.1. The fraction of sp³-hybridized carbons (Fsp3) is 0.258. The molecule has 5 rings (SSSR count). The fourth-order valence-electron chi connectivity index (χ4n) is 4.69. The smallest absolute Gasteiger partial charge is 0.255 e. The highest BCUT2D eigenvalue weighted by Gasteiger charge is 2.34. The van der Waals surface area contributed by atoms with Gasteiger partial charge in [-0.15, -0.1) is 5.10 Å². The van der Waals surface area contributed by atoms with Gasteiger partial charge < -0.3 is 10.6 Å². The van der Waals surface area contributed by atoms with E-state index in [0.717, 1.165) is 22.4 Å². The zero-order valence-electron chi connectivity index (χ0n) is 22.7. The molecule has 1 atom stereocenters. The molecule has 1 aliphatic rings. The first-order chi connectivity index (χ1) is 18.7. The Hall–Kier alpha value is -3.91. The van der Waals surface area contributed by atoms with E-state index in [1.165, 1.54) is 23.4 Å². The minimum Gasteiger partial charge on any atom is -0.328 e. The maximum absolute atomic E-state index is 14.2. The van der Waals surface area contributed by atoms with Gasteiger partial charge in [-0.05, 0) is 66.6 Å². The molecule has 8 heteroatoms. The van der Waals surface area contributed by atoms with Gasteiger partial charge >= 0.3 is 0 Å². The Bertz CT molecular complexity index is 1560. The molecule has 0 saturated heterocycles. The number of aromatic nitrogens is 3. The van der Waals surface area contributed by atoms with Gasteiger partial charge in [0.25, 0.3) is 5.91 Å². The number of halogens is 1. The van der Waals surface area contributed by atoms with Crippen molar-refractivity contribution in [2.45, 2.75) is 57.5 Å². The molecule has 0 bridgehead atoms. The molecule has 0 radical (unpaired) electrons. The predicted molar refractivity (Wildman–Crippen MR) is 156 cm³/mol. The van der Waals surface area contributed by atoms with Crippen molar-refractivity contribution in [3.8, 4) is 0 Å². The van der Waals surface area contributed by atoms with Crippen molar-refractivity contribution in [3.63, 3.8) is 0 Å². The first kappa shape index (κ1) is 26.7. The Morgan fingerprint density at radius 2 is 1.79 bits per heavy atom. The van der Waals surface area contributed by atoms with Crippen LogP contribution >= 0.6 is 11.8 Å². The predicted octanol–water partition coefficient (Wildman–Crippen LogP) is 7.38. The second-order valence-corrected chi connectivity index (χ2v) is 11.1. The van der Waals surface area contributed by atoms with Crippen molar-refractivity contribution in [2.24, 2.45) is 0 Å². The van der Waals surface area contributed by atoms with Crippen LogP contribution in [0.1, 0.15) is 60.5 Å². The number of fused-ring (bicyclic) bond motifs is 1. The first-order valence-corrected chi connectivity index (χ1v) is 14.0. The Balaban J connectivity index is 1.52. The molecule has 200 valence electrons. The molecular weight excluding hydrogens is 509 g/mol. The van der Waals surface area contributed by atoms with E-state index in [1.54, 1.807) is 16.8 Å². The van der Waals surface area contributed by atoms with Crippen molar-refractivity contribution in [3.05, 3.63) is 112 Å². The van der Waals surface area contributed by atoms with Crippen LogP contribution < -0.4 is 10.6 Å². The number of amides is 1. The zero-order valence-corrected chi connectivity index (χ0v) is 23.6. The lowest BCUT2D eigenvalue weighted by Crippen LogP contribution is -2.31. The molecule has 2 heterocycles. The summed E-state index contributed by atoms with van der Waals surface area (Å²) in [5.41, 5.74) is 6.93. The summed E-state index contributed by atoms with van der Waals surface area (Å²) in [5, 5.41) is 11.7. The average molecular weight is 542 g/mol. The molecule has 1 aliphatic heterocycles. The highest BCUT2D eigenvalue weighted by atomic mass is 32.2. The second-order valence-electron chi connectivity index (χ2n) is 10.1. The minimum absolute atomic E-state index is 0.201. The molecule has 39 heavy (non-hydrogen) atoms. The van der Waals surface area contributed by atoms with Gasteiger partial charge in [-0.1, -0.05) is 80.2 Å². The number of benzene rings is 3. The molecule has 1 amide bonds. The molecule has 0 spiro atoms. The van der Waals surface area contributed by atoms with Crippen molar-refractivity contribution in [1.82, 2.24) is 14.8 Å². The van der Waals surface area contributed by atoms with E-state index in [1.807, 2.05) is 45.0 Å². The number of anilines is 2. The molecule has 3 aromatic carbocycles. The van der Waals surface area contributed by atoms with Gasteiger partial charge in [-0.2, -0.15) is 4.98 Å². The Labute approximate surface area is 232 Å². The van der Waals surface area contributed by atoms with Crippen LogP contribution in [0.2, 0.25) is 0 Å². The van der Waals surface area contributed by atoms with Gasteiger partial charge in [0.1, 0.15) is 11.9 Å². The number of nitrogens with zero attached hydrogens (tertiary/aromatic N) is 3. The van der Waals surface area contributed by atoms with Crippen LogP contribution in [-0.4, -0.2) is 20.7 Å². The SMILES string of the molecule is CC1=C(C(=O)Nc2cccc(C)c2C)C(c2ccc(C(C)C)cc2)n2nc(SCc3ccccc3F)nc2N1. The highest BCUT2D eigenvalue weighted by Crippen LogP contribution is 2.38. The Morgan fingerprint density at radius 1 is 1.05 bits per heavy atom. The number of carbonyl (C=O) groups is 1. The van der Waals surface area contributed by atoms with Crippen LogP contribution in [-0.2, 0) is 10.5 Å². The number of thioether (sulfide) groups is 1. The minimum atomic E-state index is -0.483. The van der Waals surface area contributed by atoms with Gasteiger partial charge in [0.15, 0.2) is 0 Å². The fourth-order valence-corrected chi connectivity index (χ4v) is 5.51. The van der Waals surface area contributed by atoms with Crippen LogP contribution in [0.4, 0.5) is 16.0 Å². The van der Waals surface area contributed by atoms with Gasteiger partial charge in [0, 0.05) is 17.1 Å². The lowest BCUT2D eigenvalue weighted by molar-refractivity contribution is -0.113. The number of rotatable bonds is 7. The summed E-state index contributed by atoms with van der Waals surface area (Å²) in [5.74, 6) is 0.881. The van der Waals surface area contributed by atoms with E-state index in [4.69, 9.17) is 5.10 Å². The number of aryl methyl sites for hydroxylation is 1. The summed E-state index contributed by atoms with van der Waals surface area (Å²) in [6.45, 7) is 10.2. The monoisotopic (exact) mass is 541 g/mol. The number of hydrogen-bond donors (Lipinski definition) is 2. The summed E-state index contributed by atoms with van der Waals surface area (Å²) < 4.78 is 16.0. The normalized spacial score (nSPS) is 14.8. The van der Waals surface area contributed by atoms with Gasteiger partial charge in [0.05, 0.1) is 5.57 Å². The molecular formula is C31H32FN5OS. The van der Waals surface area contributed by atoms with Gasteiger partial charge in [-0.25, -0.2) is 9.07 Å². The Morgan fingerprint density at radius 3 is 2.51 bits per heavy atom. The third-order valence-corrected chi connectivity index (χ3v) is 8.05. The van der Waals surface area contributed by atoms with Crippen LogP contribution in [0.15, 0.2) is 83.2 Å². The third kappa shape index (κ3) is 5.47. The maximum atomic E-state index is 14.2. The molecule has 2 N–H and O–H groups in total. The number of hydrogen-bond acceptors (Lipinski definition) is 5. The van der Waals surface area contributed by atoms with E-state index >= 15 is 0 Å². The maximum Gasteiger partial charge on any atom is 0.255 e. The van der Waals surface area contributed by atoms with E-state index < -0.39 is 6.04 Å². The van der Waals surface area contributed by atoms with Gasteiger partial charge in [-0.3, -0.25) is 4.79 Å². The summed E-state index contributed by atoms with van der Waals surface area (Å²) in [4.78, 5) is 18.5. The van der Waals surface area contributed by atoms with E-state index in [0.29, 0.717) is 39.6 Å². The quantitative estimate of drug-likeness (QED) is 0.239. The zero-order chi connectivity index (χ0) is 27.7. The summed E-state index contributed by atoms with van der Waals surface area (Å²) in [6.07, 6.45) is 0. The van der Waals surface area contributed by atoms with Crippen molar-refractivity contribution in [1.29, 1.82) is 0 Å². The first-order valence-electron chi connectivity index (χ1n) is 13.0. The standard InChI is InChI=1S/C31H32FN5OS/c1-18(2)22-13-15-23(16-14-22)28-27(29(38)34-26-12-8-9-19(3)20(26)4)21(5)33-30-35-31(36-37(28)30)39-17-24-10-6-7-11-25(24)32/h6-16,18,28H,17H2,1-5H3,(H,34,38)(H,33,35,36). The largest absolute Gasteiger partial charge is 0.328 e. The molecule has 0 fully saturated rings. The highest BCUT2D eigenvalue weighted by molar-refractivity contribution is 7.98. The number of carbonyl (C=O) groups excluding carboxylic acids is 1. The van der Waals surface area contributed by atoms with Crippen LogP contribution in [0, 0.1) is 19.7 Å². The van der Waals surface area contributed by atoms with Crippen molar-refractivity contribution in [2.75, 3.05) is 10.6 Å². The number of nitrogens with one attached hydrogen (secondary N) is 2. The van der Waals surface area contributed by atoms with E-state index in [2.05, 4.69) is 53.7 Å². The molecule has 0 aliphatic carbocycles. The third-order valence-electron chi connectivity index (χ3n) is 7.16. The summed E-state index contributed by atoms with van der Waals surface area (Å²) in [7, 11) is 0. The van der Waals surface area contributed by atoms with Crippen molar-refractivity contribution < 1.29 is 9.18 Å². The number of allylic oxidation sites excluding steroid dienone is 1. The molecule has 4 aromatic rings. The van der Waals surface area contributed by atoms with Crippen LogP contribution in [0.5, 0.6) is 0 Å². The molecule has 1 unspecified atom stereocenters. The van der Waals surface area contributed by atoms with Gasteiger partial charge in [0.2, 0.25) is 11.1 Å². The lowest BCUT2D eigenvalue weighted by atomic mass is 9.92. The van der Waals surface area contributed by atoms with E-state index in [9.17, 15) is 9.18 Å². The van der Waals surface area contributed by atoms with Crippen LogP contribution in [0.25, 0.3) is 0 Å². The van der Waals surface area contributed by atoms with Crippen LogP contribution in [0.3, 0.4) is 0 Å². The van der Waals surface area contributed by atoms with E-state index in [-0.39, 0.29) is 11.7 Å². The average Bonchev–Trinajstić information content (AvgIpc) is 3.32. The molecule has 1 aromatic heterocycles. The topological polar surface area (TPSA) is 71.8 Å². The molecule has 6 nitrogen and oxygen atoms in total. The lowest BCUT2D eigenvalue weighted by Gasteiger charge is -2.29.